The normalized spacial score (nSPS) is 14.4. The predicted octanol–water partition coefficient (Wildman–Crippen LogP) is 4.56. The lowest BCUT2D eigenvalue weighted by molar-refractivity contribution is 0.228. The van der Waals surface area contributed by atoms with Gasteiger partial charge in [0.05, 0.1) is 0 Å². The van der Waals surface area contributed by atoms with Crippen LogP contribution in [-0.4, -0.2) is 14.4 Å². The highest BCUT2D eigenvalue weighted by atomic mass is 32.1. The molecule has 0 saturated carbocycles. The first kappa shape index (κ1) is 13.9. The Bertz CT molecular complexity index is 293. The summed E-state index contributed by atoms with van der Waals surface area (Å²) in [6.45, 7) is 11.3. The van der Waals surface area contributed by atoms with Crippen molar-refractivity contribution < 1.29 is 4.43 Å². The van der Waals surface area contributed by atoms with Crippen LogP contribution in [-0.2, 0) is 10.8 Å². The van der Waals surface area contributed by atoms with Crippen LogP contribution in [0.1, 0.15) is 25.6 Å². The van der Waals surface area contributed by atoms with Gasteiger partial charge in [0.2, 0.25) is 0 Å². The zero-order valence-corrected chi connectivity index (χ0v) is 12.9. The molecular weight excluding hydrogens is 232 g/mol. The molecule has 0 bridgehead atoms. The van der Waals surface area contributed by atoms with Crippen LogP contribution < -0.4 is 0 Å². The van der Waals surface area contributed by atoms with E-state index >= 15 is 0 Å². The van der Waals surface area contributed by atoms with Gasteiger partial charge in [-0.1, -0.05) is 13.0 Å². The average molecular weight is 256 g/mol. The number of thiophene rings is 1. The zero-order valence-electron chi connectivity index (χ0n) is 11.1. The highest BCUT2D eigenvalue weighted by molar-refractivity contribution is 7.09. The highest BCUT2D eigenvalue weighted by Gasteiger charge is 2.26. The van der Waals surface area contributed by atoms with Crippen LogP contribution in [0.2, 0.25) is 19.1 Å². The zero-order chi connectivity index (χ0) is 12.2. The van der Waals surface area contributed by atoms with Gasteiger partial charge in [-0.05, 0) is 56.8 Å². The minimum absolute atomic E-state index is 0.371. The second-order valence-corrected chi connectivity index (χ2v) is 10.7. The Balaban J connectivity index is 2.41. The van der Waals surface area contributed by atoms with Gasteiger partial charge in [-0.15, -0.1) is 11.3 Å². The summed E-state index contributed by atoms with van der Waals surface area (Å²) in [7, 11) is -1.46. The van der Waals surface area contributed by atoms with E-state index < -0.39 is 8.32 Å². The summed E-state index contributed by atoms with van der Waals surface area (Å²) in [5, 5.41) is 2.16. The molecule has 92 valence electrons. The molecule has 0 aliphatic carbocycles. The highest BCUT2D eigenvalue weighted by Crippen LogP contribution is 2.24. The van der Waals surface area contributed by atoms with E-state index in [-0.39, 0.29) is 0 Å². The summed E-state index contributed by atoms with van der Waals surface area (Å²) in [6.07, 6.45) is 1.57. The van der Waals surface area contributed by atoms with E-state index in [2.05, 4.69) is 51.4 Å². The first-order chi connectivity index (χ1) is 7.39. The van der Waals surface area contributed by atoms with Crippen molar-refractivity contribution in [2.24, 2.45) is 5.92 Å². The maximum atomic E-state index is 6.07. The molecule has 1 aromatic rings. The third-order valence-electron chi connectivity index (χ3n) is 2.52. The van der Waals surface area contributed by atoms with Crippen molar-refractivity contribution in [1.29, 1.82) is 0 Å². The molecule has 0 radical (unpaired) electrons. The maximum absolute atomic E-state index is 6.07. The molecule has 0 amide bonds. The molecule has 0 fully saturated rings. The second-order valence-electron chi connectivity index (χ2n) is 5.52. The van der Waals surface area contributed by atoms with Gasteiger partial charge in [0.1, 0.15) is 0 Å². The van der Waals surface area contributed by atoms with Crippen LogP contribution in [0.15, 0.2) is 17.5 Å². The molecule has 0 aliphatic heterocycles. The first-order valence-corrected chi connectivity index (χ1v) is 10.1. The maximum Gasteiger partial charge on any atom is 0.187 e. The van der Waals surface area contributed by atoms with E-state index in [0.29, 0.717) is 6.10 Å². The van der Waals surface area contributed by atoms with E-state index in [1.54, 1.807) is 0 Å². The lowest BCUT2D eigenvalue weighted by atomic mass is 10.1. The van der Waals surface area contributed by atoms with Gasteiger partial charge in [0.25, 0.3) is 0 Å². The van der Waals surface area contributed by atoms with Crippen molar-refractivity contribution in [2.75, 3.05) is 0 Å². The van der Waals surface area contributed by atoms with Gasteiger partial charge in [0.15, 0.2) is 8.32 Å². The van der Waals surface area contributed by atoms with Crippen molar-refractivity contribution >= 4 is 19.7 Å². The van der Waals surface area contributed by atoms with E-state index in [4.69, 9.17) is 4.43 Å². The molecule has 3 heteroatoms. The fourth-order valence-electron chi connectivity index (χ4n) is 2.37. The summed E-state index contributed by atoms with van der Waals surface area (Å²) in [5.74, 6) is 0.735. The van der Waals surface area contributed by atoms with Crippen LogP contribution in [0.5, 0.6) is 0 Å². The van der Waals surface area contributed by atoms with Gasteiger partial charge in [-0.25, -0.2) is 0 Å². The Hall–Kier alpha value is -0.123. The monoisotopic (exact) mass is 256 g/mol. The average Bonchev–Trinajstić information content (AvgIpc) is 2.51. The molecule has 1 nitrogen and oxygen atoms in total. The van der Waals surface area contributed by atoms with Gasteiger partial charge in [0, 0.05) is 11.0 Å². The SMILES string of the molecule is CC(Cc1cccs1)C[Si](C)(C)OC(C)C. The molecule has 0 aliphatic rings. The second kappa shape index (κ2) is 5.99. The van der Waals surface area contributed by atoms with Crippen molar-refractivity contribution in [2.45, 2.75) is 52.4 Å². The van der Waals surface area contributed by atoms with Crippen LogP contribution >= 0.6 is 11.3 Å². The van der Waals surface area contributed by atoms with Crippen molar-refractivity contribution in [3.63, 3.8) is 0 Å². The lowest BCUT2D eigenvalue weighted by Crippen LogP contribution is -2.35. The van der Waals surface area contributed by atoms with E-state index in [9.17, 15) is 0 Å². The Kier molecular flexibility index (Phi) is 5.22. The number of hydrogen-bond donors (Lipinski definition) is 0. The van der Waals surface area contributed by atoms with Crippen molar-refractivity contribution in [3.8, 4) is 0 Å². The Morgan fingerprint density at radius 3 is 2.50 bits per heavy atom. The fraction of sp³-hybridized carbons (Fsp3) is 0.692. The molecule has 1 aromatic heterocycles. The summed E-state index contributed by atoms with van der Waals surface area (Å²) in [4.78, 5) is 1.50. The predicted molar refractivity (Wildman–Crippen MR) is 75.7 cm³/mol. The number of rotatable bonds is 6. The molecule has 0 saturated heterocycles. The van der Waals surface area contributed by atoms with E-state index in [1.165, 1.54) is 17.3 Å². The van der Waals surface area contributed by atoms with Gasteiger partial charge >= 0.3 is 0 Å². The topological polar surface area (TPSA) is 9.23 Å². The molecular formula is C13H24OSSi. The fourth-order valence-corrected chi connectivity index (χ4v) is 6.43. The Morgan fingerprint density at radius 2 is 2.00 bits per heavy atom. The first-order valence-electron chi connectivity index (χ1n) is 6.09. The molecule has 0 spiro atoms. The Morgan fingerprint density at radius 1 is 1.31 bits per heavy atom. The van der Waals surface area contributed by atoms with Gasteiger partial charge in [-0.3, -0.25) is 0 Å². The molecule has 1 unspecified atom stereocenters. The van der Waals surface area contributed by atoms with Crippen LogP contribution in [0, 0.1) is 5.92 Å². The lowest BCUT2D eigenvalue weighted by Gasteiger charge is -2.28. The molecule has 0 aromatic carbocycles. The van der Waals surface area contributed by atoms with Crippen LogP contribution in [0.25, 0.3) is 0 Å². The molecule has 0 N–H and O–H groups in total. The van der Waals surface area contributed by atoms with E-state index in [0.717, 1.165) is 5.92 Å². The van der Waals surface area contributed by atoms with Crippen LogP contribution in [0.4, 0.5) is 0 Å². The number of hydrogen-bond acceptors (Lipinski definition) is 2. The molecule has 1 rings (SSSR count). The largest absolute Gasteiger partial charge is 0.415 e. The molecule has 1 heterocycles. The minimum atomic E-state index is -1.46. The quantitative estimate of drug-likeness (QED) is 0.678. The summed E-state index contributed by atoms with van der Waals surface area (Å²) in [6, 6.07) is 5.63. The Labute approximate surface area is 105 Å². The van der Waals surface area contributed by atoms with Crippen LogP contribution in [0.3, 0.4) is 0 Å². The molecule has 1 atom stereocenters. The summed E-state index contributed by atoms with van der Waals surface area (Å²) < 4.78 is 6.07. The molecule has 16 heavy (non-hydrogen) atoms. The van der Waals surface area contributed by atoms with Crippen molar-refractivity contribution in [1.82, 2.24) is 0 Å². The minimum Gasteiger partial charge on any atom is -0.415 e. The smallest absolute Gasteiger partial charge is 0.187 e. The van der Waals surface area contributed by atoms with Gasteiger partial charge in [-0.2, -0.15) is 0 Å². The summed E-state index contributed by atoms with van der Waals surface area (Å²) >= 11 is 1.87. The third kappa shape index (κ3) is 5.28. The van der Waals surface area contributed by atoms with Gasteiger partial charge < -0.3 is 4.43 Å². The van der Waals surface area contributed by atoms with Crippen molar-refractivity contribution in [3.05, 3.63) is 22.4 Å². The standard InChI is InChI=1S/C13H24OSSi/c1-11(2)14-16(4,5)10-12(3)9-13-7-6-8-15-13/h6-8,11-12H,9-10H2,1-5H3. The summed E-state index contributed by atoms with van der Waals surface area (Å²) in [5.41, 5.74) is 0. The van der Waals surface area contributed by atoms with E-state index in [1.807, 2.05) is 11.3 Å². The third-order valence-corrected chi connectivity index (χ3v) is 6.21.